The van der Waals surface area contributed by atoms with E-state index in [-0.39, 0.29) is 0 Å². The van der Waals surface area contributed by atoms with Crippen molar-refractivity contribution in [2.24, 2.45) is 0 Å². The molecule has 0 saturated carbocycles. The number of hydrogen-bond donors (Lipinski definition) is 1. The zero-order valence-electron chi connectivity index (χ0n) is 10.8. The summed E-state index contributed by atoms with van der Waals surface area (Å²) in [5.74, 6) is 0.929. The maximum atomic E-state index is 4.49. The molecule has 0 fully saturated rings. The van der Waals surface area contributed by atoms with Crippen LogP contribution in [0.5, 0.6) is 0 Å². The summed E-state index contributed by atoms with van der Waals surface area (Å²) in [4.78, 5) is 8.51. The lowest BCUT2D eigenvalue weighted by Crippen LogP contribution is -2.02. The maximum absolute atomic E-state index is 4.49. The second-order valence-corrected chi connectivity index (χ2v) is 4.54. The lowest BCUT2D eigenvalue weighted by Gasteiger charge is -2.10. The normalized spacial score (nSPS) is 10.6. The molecule has 3 nitrogen and oxygen atoms in total. The predicted octanol–water partition coefficient (Wildman–Crippen LogP) is 3.55. The Bertz CT molecular complexity index is 693. The Hall–Kier alpha value is -2.42. The van der Waals surface area contributed by atoms with Crippen LogP contribution < -0.4 is 5.32 Å². The van der Waals surface area contributed by atoms with E-state index >= 15 is 0 Å². The largest absolute Gasteiger partial charge is 0.365 e. The molecule has 19 heavy (non-hydrogen) atoms. The fraction of sp³-hybridized carbons (Fsp3) is 0.125. The first kappa shape index (κ1) is 11.7. The number of benzene rings is 1. The van der Waals surface area contributed by atoms with Gasteiger partial charge in [-0.25, -0.2) is 4.98 Å². The zero-order valence-corrected chi connectivity index (χ0v) is 10.8. The smallest absolute Gasteiger partial charge is 0.134 e. The van der Waals surface area contributed by atoms with Gasteiger partial charge in [-0.3, -0.25) is 4.98 Å². The molecule has 94 valence electrons. The zero-order chi connectivity index (χ0) is 13.1. The van der Waals surface area contributed by atoms with Crippen molar-refractivity contribution in [1.82, 2.24) is 9.97 Å². The molecule has 1 aromatic carbocycles. The number of nitrogens with one attached hydrogen (secondary N) is 1. The van der Waals surface area contributed by atoms with Crippen LogP contribution in [0.25, 0.3) is 10.8 Å². The van der Waals surface area contributed by atoms with Crippen LogP contribution in [0.1, 0.15) is 11.1 Å². The van der Waals surface area contributed by atoms with Gasteiger partial charge in [0, 0.05) is 30.5 Å². The number of aryl methyl sites for hydroxylation is 1. The summed E-state index contributed by atoms with van der Waals surface area (Å²) in [7, 11) is 0. The van der Waals surface area contributed by atoms with Crippen molar-refractivity contribution in [3.63, 3.8) is 0 Å². The first-order valence-electron chi connectivity index (χ1n) is 6.32. The summed E-state index contributed by atoms with van der Waals surface area (Å²) in [6, 6.07) is 12.3. The Kier molecular flexibility index (Phi) is 3.11. The summed E-state index contributed by atoms with van der Waals surface area (Å²) in [5.41, 5.74) is 2.39. The first-order valence-corrected chi connectivity index (χ1v) is 6.32. The SMILES string of the molecule is Cc1cnc(NCc2ccncc2)c2ccccc12. The van der Waals surface area contributed by atoms with E-state index in [0.717, 1.165) is 17.7 Å². The van der Waals surface area contributed by atoms with Crippen LogP contribution in [0, 0.1) is 6.92 Å². The number of aromatic nitrogens is 2. The molecule has 0 atom stereocenters. The molecule has 0 amide bonds. The Labute approximate surface area is 112 Å². The number of anilines is 1. The quantitative estimate of drug-likeness (QED) is 0.771. The van der Waals surface area contributed by atoms with Crippen molar-refractivity contribution < 1.29 is 0 Å². The van der Waals surface area contributed by atoms with Gasteiger partial charge < -0.3 is 5.32 Å². The van der Waals surface area contributed by atoms with Gasteiger partial charge in [0.2, 0.25) is 0 Å². The Balaban J connectivity index is 1.91. The third-order valence-corrected chi connectivity index (χ3v) is 3.20. The molecule has 0 spiro atoms. The van der Waals surface area contributed by atoms with E-state index in [0.29, 0.717) is 0 Å². The van der Waals surface area contributed by atoms with Crippen LogP contribution >= 0.6 is 0 Å². The average Bonchev–Trinajstić information content (AvgIpc) is 2.48. The molecule has 3 heteroatoms. The fourth-order valence-electron chi connectivity index (χ4n) is 2.16. The minimum absolute atomic E-state index is 0.753. The number of nitrogens with zero attached hydrogens (tertiary/aromatic N) is 2. The third-order valence-electron chi connectivity index (χ3n) is 3.20. The van der Waals surface area contributed by atoms with E-state index in [2.05, 4.69) is 40.4 Å². The number of pyridine rings is 2. The molecule has 3 rings (SSSR count). The second-order valence-electron chi connectivity index (χ2n) is 4.54. The standard InChI is InChI=1S/C16H15N3/c1-12-10-18-16(15-5-3-2-4-14(12)15)19-11-13-6-8-17-9-7-13/h2-10H,11H2,1H3,(H,18,19). The maximum Gasteiger partial charge on any atom is 0.134 e. The van der Waals surface area contributed by atoms with Gasteiger partial charge in [0.15, 0.2) is 0 Å². The Morgan fingerprint density at radius 1 is 1.00 bits per heavy atom. The van der Waals surface area contributed by atoms with E-state index in [1.807, 2.05) is 24.4 Å². The van der Waals surface area contributed by atoms with Crippen molar-refractivity contribution in [1.29, 1.82) is 0 Å². The number of hydrogen-bond acceptors (Lipinski definition) is 3. The average molecular weight is 249 g/mol. The van der Waals surface area contributed by atoms with Gasteiger partial charge in [-0.1, -0.05) is 24.3 Å². The van der Waals surface area contributed by atoms with Crippen molar-refractivity contribution in [2.45, 2.75) is 13.5 Å². The van der Waals surface area contributed by atoms with E-state index in [4.69, 9.17) is 0 Å². The van der Waals surface area contributed by atoms with Gasteiger partial charge in [0.1, 0.15) is 5.82 Å². The van der Waals surface area contributed by atoms with Crippen molar-refractivity contribution in [2.75, 3.05) is 5.32 Å². The molecule has 0 unspecified atom stereocenters. The van der Waals surface area contributed by atoms with Crippen molar-refractivity contribution in [3.05, 3.63) is 66.1 Å². The molecule has 0 saturated heterocycles. The minimum Gasteiger partial charge on any atom is -0.365 e. The van der Waals surface area contributed by atoms with Crippen LogP contribution in [0.15, 0.2) is 55.0 Å². The molecule has 0 radical (unpaired) electrons. The summed E-state index contributed by atoms with van der Waals surface area (Å²) >= 11 is 0. The molecule has 0 aliphatic heterocycles. The number of fused-ring (bicyclic) bond motifs is 1. The Morgan fingerprint density at radius 2 is 1.74 bits per heavy atom. The van der Waals surface area contributed by atoms with Gasteiger partial charge in [-0.15, -0.1) is 0 Å². The highest BCUT2D eigenvalue weighted by Crippen LogP contribution is 2.24. The topological polar surface area (TPSA) is 37.8 Å². The predicted molar refractivity (Wildman–Crippen MR) is 78.0 cm³/mol. The molecule has 0 aliphatic rings. The van der Waals surface area contributed by atoms with Gasteiger partial charge in [-0.05, 0) is 35.6 Å². The van der Waals surface area contributed by atoms with Crippen molar-refractivity contribution in [3.8, 4) is 0 Å². The van der Waals surface area contributed by atoms with Gasteiger partial charge >= 0.3 is 0 Å². The molecular weight excluding hydrogens is 234 g/mol. The highest BCUT2D eigenvalue weighted by atomic mass is 15.0. The molecular formula is C16H15N3. The third kappa shape index (κ3) is 2.40. The van der Waals surface area contributed by atoms with Crippen LogP contribution in [0.3, 0.4) is 0 Å². The van der Waals surface area contributed by atoms with E-state index in [1.165, 1.54) is 16.5 Å². The highest BCUT2D eigenvalue weighted by molar-refractivity contribution is 5.93. The first-order chi connectivity index (χ1) is 9.34. The summed E-state index contributed by atoms with van der Waals surface area (Å²) in [6.45, 7) is 2.84. The number of rotatable bonds is 3. The van der Waals surface area contributed by atoms with Gasteiger partial charge in [0.25, 0.3) is 0 Å². The lowest BCUT2D eigenvalue weighted by molar-refractivity contribution is 1.10. The second kappa shape index (κ2) is 5.06. The van der Waals surface area contributed by atoms with Crippen LogP contribution in [-0.4, -0.2) is 9.97 Å². The van der Waals surface area contributed by atoms with E-state index < -0.39 is 0 Å². The van der Waals surface area contributed by atoms with E-state index in [9.17, 15) is 0 Å². The lowest BCUT2D eigenvalue weighted by atomic mass is 10.1. The summed E-state index contributed by atoms with van der Waals surface area (Å²) in [5, 5.41) is 5.80. The summed E-state index contributed by atoms with van der Waals surface area (Å²) < 4.78 is 0. The molecule has 1 N–H and O–H groups in total. The van der Waals surface area contributed by atoms with E-state index in [1.54, 1.807) is 12.4 Å². The van der Waals surface area contributed by atoms with Crippen LogP contribution in [-0.2, 0) is 6.54 Å². The molecule has 2 heterocycles. The highest BCUT2D eigenvalue weighted by Gasteiger charge is 2.04. The van der Waals surface area contributed by atoms with Crippen LogP contribution in [0.2, 0.25) is 0 Å². The molecule has 2 aromatic heterocycles. The summed E-state index contributed by atoms with van der Waals surface area (Å²) in [6.07, 6.45) is 5.52. The minimum atomic E-state index is 0.753. The molecule has 3 aromatic rings. The Morgan fingerprint density at radius 3 is 2.53 bits per heavy atom. The van der Waals surface area contributed by atoms with Crippen LogP contribution in [0.4, 0.5) is 5.82 Å². The fourth-order valence-corrected chi connectivity index (χ4v) is 2.16. The molecule has 0 aliphatic carbocycles. The van der Waals surface area contributed by atoms with Gasteiger partial charge in [-0.2, -0.15) is 0 Å². The van der Waals surface area contributed by atoms with Crippen molar-refractivity contribution >= 4 is 16.6 Å². The monoisotopic (exact) mass is 249 g/mol. The van der Waals surface area contributed by atoms with Gasteiger partial charge in [0.05, 0.1) is 0 Å². The molecule has 0 bridgehead atoms.